The quantitative estimate of drug-likeness (QED) is 0.624. The van der Waals surface area contributed by atoms with Crippen molar-refractivity contribution in [3.05, 3.63) is 41.7 Å². The molecule has 1 aliphatic rings. The third kappa shape index (κ3) is 3.89. The standard InChI is InChI=1S/C19H20ClN5O2/c20-15-9-22-19(23-12-4-3-7-25(10-12)11-17(26)27)24-18(15)14-8-21-16-6-2-1-5-13(14)16/h1-2,5-6,8-9,12,21H,3-4,7,10-11H2,(H,26,27)(H,22,23,24). The van der Waals surface area contributed by atoms with Crippen LogP contribution in [0.15, 0.2) is 36.7 Å². The topological polar surface area (TPSA) is 94.1 Å². The largest absolute Gasteiger partial charge is 0.480 e. The Balaban J connectivity index is 1.57. The molecule has 0 radical (unpaired) electrons. The van der Waals surface area contributed by atoms with Crippen LogP contribution in [0, 0.1) is 0 Å². The van der Waals surface area contributed by atoms with Gasteiger partial charge in [0.2, 0.25) is 5.95 Å². The van der Waals surface area contributed by atoms with Gasteiger partial charge in [-0.2, -0.15) is 0 Å². The maximum absolute atomic E-state index is 10.9. The normalized spacial score (nSPS) is 17.9. The maximum atomic E-state index is 10.9. The molecule has 27 heavy (non-hydrogen) atoms. The number of hydrogen-bond acceptors (Lipinski definition) is 5. The number of para-hydroxylation sites is 1. The predicted molar refractivity (Wildman–Crippen MR) is 105 cm³/mol. The van der Waals surface area contributed by atoms with Crippen LogP contribution in [-0.2, 0) is 4.79 Å². The van der Waals surface area contributed by atoms with Crippen molar-refractivity contribution < 1.29 is 9.90 Å². The molecule has 1 aliphatic heterocycles. The summed E-state index contributed by atoms with van der Waals surface area (Å²) in [4.78, 5) is 25.1. The number of anilines is 1. The summed E-state index contributed by atoms with van der Waals surface area (Å²) in [7, 11) is 0. The van der Waals surface area contributed by atoms with Crippen LogP contribution in [0.5, 0.6) is 0 Å². The number of aromatic amines is 1. The Kier molecular flexibility index (Phi) is 4.96. The Labute approximate surface area is 161 Å². The molecule has 1 aromatic carbocycles. The highest BCUT2D eigenvalue weighted by molar-refractivity contribution is 6.33. The van der Waals surface area contributed by atoms with Crippen LogP contribution >= 0.6 is 11.6 Å². The van der Waals surface area contributed by atoms with Gasteiger partial charge in [-0.25, -0.2) is 9.97 Å². The number of carbonyl (C=O) groups is 1. The minimum absolute atomic E-state index is 0.0558. The molecule has 0 amide bonds. The van der Waals surface area contributed by atoms with E-state index in [0.717, 1.165) is 35.9 Å². The first kappa shape index (κ1) is 17.8. The van der Waals surface area contributed by atoms with Crippen molar-refractivity contribution in [1.29, 1.82) is 0 Å². The number of piperidine rings is 1. The van der Waals surface area contributed by atoms with Crippen LogP contribution in [0.4, 0.5) is 5.95 Å². The molecule has 7 nitrogen and oxygen atoms in total. The summed E-state index contributed by atoms with van der Waals surface area (Å²) in [5, 5.41) is 13.9. The highest BCUT2D eigenvalue weighted by atomic mass is 35.5. The summed E-state index contributed by atoms with van der Waals surface area (Å²) in [6.45, 7) is 1.51. The number of aliphatic carboxylic acids is 1. The molecule has 1 fully saturated rings. The second-order valence-electron chi connectivity index (χ2n) is 6.75. The first-order chi connectivity index (χ1) is 13.1. The second-order valence-corrected chi connectivity index (χ2v) is 7.16. The van der Waals surface area contributed by atoms with Gasteiger partial charge in [0.05, 0.1) is 23.5 Å². The lowest BCUT2D eigenvalue weighted by molar-refractivity contribution is -0.138. The van der Waals surface area contributed by atoms with E-state index < -0.39 is 5.97 Å². The molecule has 3 N–H and O–H groups in total. The van der Waals surface area contributed by atoms with Crippen molar-refractivity contribution in [2.24, 2.45) is 0 Å². The number of nitrogens with one attached hydrogen (secondary N) is 2. The fourth-order valence-electron chi connectivity index (χ4n) is 3.58. The molecule has 140 valence electrons. The number of H-pyrrole nitrogens is 1. The number of rotatable bonds is 5. The summed E-state index contributed by atoms with van der Waals surface area (Å²) < 4.78 is 0. The molecule has 0 bridgehead atoms. The molecule has 3 heterocycles. The molecule has 0 aliphatic carbocycles. The monoisotopic (exact) mass is 385 g/mol. The molecular weight excluding hydrogens is 366 g/mol. The van der Waals surface area contributed by atoms with E-state index in [-0.39, 0.29) is 12.6 Å². The first-order valence-corrected chi connectivity index (χ1v) is 9.27. The van der Waals surface area contributed by atoms with Gasteiger partial charge in [0.1, 0.15) is 0 Å². The molecule has 3 aromatic rings. The van der Waals surface area contributed by atoms with E-state index in [1.165, 1.54) is 0 Å². The van der Waals surface area contributed by atoms with Crippen molar-refractivity contribution in [2.75, 3.05) is 25.0 Å². The SMILES string of the molecule is O=C(O)CN1CCCC(Nc2ncc(Cl)c(-c3c[nH]c4ccccc34)n2)C1. The average molecular weight is 386 g/mol. The Morgan fingerprint density at radius 3 is 3.11 bits per heavy atom. The van der Waals surface area contributed by atoms with E-state index in [4.69, 9.17) is 16.7 Å². The lowest BCUT2D eigenvalue weighted by Crippen LogP contribution is -2.44. The summed E-state index contributed by atoms with van der Waals surface area (Å²) in [6, 6.07) is 8.09. The molecule has 4 rings (SSSR count). The molecule has 8 heteroatoms. The number of halogens is 1. The minimum atomic E-state index is -0.806. The van der Waals surface area contributed by atoms with Crippen LogP contribution in [-0.4, -0.2) is 56.6 Å². The molecule has 0 saturated carbocycles. The van der Waals surface area contributed by atoms with Gasteiger partial charge in [-0.1, -0.05) is 29.8 Å². The number of aromatic nitrogens is 3. The number of likely N-dealkylation sites (tertiary alicyclic amines) is 1. The van der Waals surface area contributed by atoms with Crippen LogP contribution in [0.3, 0.4) is 0 Å². The van der Waals surface area contributed by atoms with Crippen LogP contribution < -0.4 is 5.32 Å². The van der Waals surface area contributed by atoms with E-state index >= 15 is 0 Å². The summed E-state index contributed by atoms with van der Waals surface area (Å²) >= 11 is 6.37. The van der Waals surface area contributed by atoms with Gasteiger partial charge in [0.15, 0.2) is 0 Å². The molecule has 0 spiro atoms. The average Bonchev–Trinajstić information content (AvgIpc) is 3.07. The highest BCUT2D eigenvalue weighted by Crippen LogP contribution is 2.32. The third-order valence-corrected chi connectivity index (χ3v) is 5.06. The van der Waals surface area contributed by atoms with Gasteiger partial charge in [-0.3, -0.25) is 9.69 Å². The predicted octanol–water partition coefficient (Wildman–Crippen LogP) is 3.24. The molecule has 1 unspecified atom stereocenters. The zero-order valence-electron chi connectivity index (χ0n) is 14.7. The van der Waals surface area contributed by atoms with Crippen molar-refractivity contribution in [2.45, 2.75) is 18.9 Å². The van der Waals surface area contributed by atoms with Gasteiger partial charge in [-0.15, -0.1) is 0 Å². The minimum Gasteiger partial charge on any atom is -0.480 e. The molecular formula is C19H20ClN5O2. The van der Waals surface area contributed by atoms with E-state index in [1.54, 1.807) is 6.20 Å². The summed E-state index contributed by atoms with van der Waals surface area (Å²) in [5.41, 5.74) is 2.62. The van der Waals surface area contributed by atoms with Crippen molar-refractivity contribution in [3.63, 3.8) is 0 Å². The lowest BCUT2D eigenvalue weighted by atomic mass is 10.1. The van der Waals surface area contributed by atoms with E-state index in [2.05, 4.69) is 20.3 Å². The third-order valence-electron chi connectivity index (χ3n) is 4.79. The zero-order valence-corrected chi connectivity index (χ0v) is 15.4. The van der Waals surface area contributed by atoms with Gasteiger partial charge in [0, 0.05) is 35.2 Å². The Morgan fingerprint density at radius 2 is 2.26 bits per heavy atom. The number of carboxylic acids is 1. The van der Waals surface area contributed by atoms with Crippen molar-refractivity contribution in [1.82, 2.24) is 19.9 Å². The van der Waals surface area contributed by atoms with Crippen LogP contribution in [0.2, 0.25) is 5.02 Å². The summed E-state index contributed by atoms with van der Waals surface area (Å²) in [6.07, 6.45) is 5.39. The van der Waals surface area contributed by atoms with Crippen molar-refractivity contribution >= 4 is 34.4 Å². The highest BCUT2D eigenvalue weighted by Gasteiger charge is 2.22. The van der Waals surface area contributed by atoms with Crippen LogP contribution in [0.25, 0.3) is 22.2 Å². The fourth-order valence-corrected chi connectivity index (χ4v) is 3.78. The van der Waals surface area contributed by atoms with Crippen molar-refractivity contribution in [3.8, 4) is 11.3 Å². The fraction of sp³-hybridized carbons (Fsp3) is 0.316. The Hall–Kier alpha value is -2.64. The Bertz CT molecular complexity index is 974. The van der Waals surface area contributed by atoms with E-state index in [0.29, 0.717) is 23.2 Å². The molecule has 1 atom stereocenters. The molecule has 2 aromatic heterocycles. The number of nitrogens with zero attached hydrogens (tertiary/aromatic N) is 3. The van der Waals surface area contributed by atoms with Crippen LogP contribution in [0.1, 0.15) is 12.8 Å². The zero-order chi connectivity index (χ0) is 18.8. The maximum Gasteiger partial charge on any atom is 0.317 e. The van der Waals surface area contributed by atoms with Gasteiger partial charge >= 0.3 is 5.97 Å². The van der Waals surface area contributed by atoms with Gasteiger partial charge in [-0.05, 0) is 25.5 Å². The van der Waals surface area contributed by atoms with Gasteiger partial charge < -0.3 is 15.4 Å². The molecule has 1 saturated heterocycles. The number of hydrogen-bond donors (Lipinski definition) is 3. The van der Waals surface area contributed by atoms with E-state index in [1.807, 2.05) is 35.4 Å². The van der Waals surface area contributed by atoms with Gasteiger partial charge in [0.25, 0.3) is 0 Å². The number of fused-ring (bicyclic) bond motifs is 1. The second kappa shape index (κ2) is 7.54. The first-order valence-electron chi connectivity index (χ1n) is 8.90. The number of carboxylic acid groups (broad SMARTS) is 1. The number of benzene rings is 1. The summed E-state index contributed by atoms with van der Waals surface area (Å²) in [5.74, 6) is -0.304. The van der Waals surface area contributed by atoms with E-state index in [9.17, 15) is 4.79 Å². The lowest BCUT2D eigenvalue weighted by Gasteiger charge is -2.32. The Morgan fingerprint density at radius 1 is 1.41 bits per heavy atom. The smallest absolute Gasteiger partial charge is 0.317 e.